The minimum absolute atomic E-state index is 0.0619. The summed E-state index contributed by atoms with van der Waals surface area (Å²) in [5.41, 5.74) is 8.59. The summed E-state index contributed by atoms with van der Waals surface area (Å²) in [5, 5.41) is 3.69. The number of esters is 1. The Morgan fingerprint density at radius 2 is 2.14 bits per heavy atom. The van der Waals surface area contributed by atoms with Crippen molar-refractivity contribution in [1.82, 2.24) is 26.1 Å². The SMILES string of the molecule is CCOC(=O)C1NNCC1CNC1CC(C)(C)Cc2nc(C(C)(C)C)ncc21. The minimum atomic E-state index is -0.317. The lowest BCUT2D eigenvalue weighted by atomic mass is 9.74. The van der Waals surface area contributed by atoms with Gasteiger partial charge in [0.15, 0.2) is 0 Å². The van der Waals surface area contributed by atoms with Crippen LogP contribution >= 0.6 is 0 Å². The fourth-order valence-corrected chi connectivity index (χ4v) is 4.09. The normalized spacial score (nSPS) is 26.7. The van der Waals surface area contributed by atoms with Gasteiger partial charge in [-0.1, -0.05) is 34.6 Å². The van der Waals surface area contributed by atoms with Crippen molar-refractivity contribution in [2.75, 3.05) is 19.7 Å². The Morgan fingerprint density at radius 1 is 1.39 bits per heavy atom. The maximum Gasteiger partial charge on any atom is 0.324 e. The molecule has 0 aromatic carbocycles. The van der Waals surface area contributed by atoms with Crippen LogP contribution in [0, 0.1) is 11.3 Å². The van der Waals surface area contributed by atoms with Crippen molar-refractivity contribution in [2.45, 2.75) is 71.9 Å². The Labute approximate surface area is 168 Å². The first-order valence-corrected chi connectivity index (χ1v) is 10.4. The molecule has 156 valence electrons. The van der Waals surface area contributed by atoms with Crippen molar-refractivity contribution in [1.29, 1.82) is 0 Å². The predicted molar refractivity (Wildman–Crippen MR) is 109 cm³/mol. The van der Waals surface area contributed by atoms with Crippen LogP contribution in [0.15, 0.2) is 6.20 Å². The van der Waals surface area contributed by atoms with Gasteiger partial charge in [0.25, 0.3) is 0 Å². The number of hydrogen-bond acceptors (Lipinski definition) is 7. The van der Waals surface area contributed by atoms with Gasteiger partial charge in [0.1, 0.15) is 11.9 Å². The molecule has 3 unspecified atom stereocenters. The topological polar surface area (TPSA) is 88.2 Å². The second-order valence-corrected chi connectivity index (χ2v) is 9.87. The van der Waals surface area contributed by atoms with Gasteiger partial charge in [0, 0.05) is 47.9 Å². The maximum atomic E-state index is 12.2. The number of carbonyl (C=O) groups excluding carboxylic acids is 1. The van der Waals surface area contributed by atoms with Crippen LogP contribution in [0.1, 0.15) is 71.1 Å². The largest absolute Gasteiger partial charge is 0.465 e. The quantitative estimate of drug-likeness (QED) is 0.664. The van der Waals surface area contributed by atoms with Gasteiger partial charge in [0.05, 0.1) is 6.61 Å². The zero-order chi connectivity index (χ0) is 20.5. The van der Waals surface area contributed by atoms with Crippen molar-refractivity contribution in [3.63, 3.8) is 0 Å². The lowest BCUT2D eigenvalue weighted by Gasteiger charge is -2.37. The van der Waals surface area contributed by atoms with Crippen LogP contribution in [0.2, 0.25) is 0 Å². The van der Waals surface area contributed by atoms with Gasteiger partial charge in [0.2, 0.25) is 0 Å². The van der Waals surface area contributed by atoms with Crippen LogP contribution in [0.3, 0.4) is 0 Å². The lowest BCUT2D eigenvalue weighted by Crippen LogP contribution is -2.44. The predicted octanol–water partition coefficient (Wildman–Crippen LogP) is 2.03. The Balaban J connectivity index is 1.75. The summed E-state index contributed by atoms with van der Waals surface area (Å²) in [5.74, 6) is 0.846. The molecule has 7 heteroatoms. The van der Waals surface area contributed by atoms with E-state index in [4.69, 9.17) is 9.72 Å². The van der Waals surface area contributed by atoms with Crippen molar-refractivity contribution in [3.8, 4) is 0 Å². The van der Waals surface area contributed by atoms with E-state index in [2.05, 4.69) is 55.8 Å². The molecule has 0 bridgehead atoms. The van der Waals surface area contributed by atoms with E-state index >= 15 is 0 Å². The van der Waals surface area contributed by atoms with Crippen molar-refractivity contribution >= 4 is 5.97 Å². The summed E-state index contributed by atoms with van der Waals surface area (Å²) >= 11 is 0. The molecule has 1 aromatic heterocycles. The molecule has 1 aliphatic heterocycles. The Hall–Kier alpha value is -1.57. The zero-order valence-electron chi connectivity index (χ0n) is 18.1. The second kappa shape index (κ2) is 8.05. The van der Waals surface area contributed by atoms with Gasteiger partial charge < -0.3 is 10.1 Å². The van der Waals surface area contributed by atoms with Crippen LogP contribution in [-0.4, -0.2) is 41.7 Å². The summed E-state index contributed by atoms with van der Waals surface area (Å²) in [4.78, 5) is 21.8. The molecule has 2 aliphatic rings. The van der Waals surface area contributed by atoms with E-state index in [0.29, 0.717) is 6.61 Å². The molecule has 0 saturated carbocycles. The van der Waals surface area contributed by atoms with Crippen LogP contribution in [0.25, 0.3) is 0 Å². The Morgan fingerprint density at radius 3 is 2.82 bits per heavy atom. The molecular weight excluding hydrogens is 354 g/mol. The number of fused-ring (bicyclic) bond motifs is 1. The van der Waals surface area contributed by atoms with Crippen LogP contribution in [0.4, 0.5) is 0 Å². The minimum Gasteiger partial charge on any atom is -0.465 e. The van der Waals surface area contributed by atoms with E-state index in [1.807, 2.05) is 13.1 Å². The van der Waals surface area contributed by atoms with Gasteiger partial charge in [-0.2, -0.15) is 0 Å². The molecular formula is C21H35N5O2. The highest BCUT2D eigenvalue weighted by atomic mass is 16.5. The third kappa shape index (κ3) is 4.70. The third-order valence-corrected chi connectivity index (χ3v) is 5.61. The van der Waals surface area contributed by atoms with E-state index in [1.54, 1.807) is 0 Å². The molecule has 3 rings (SSSR count). The number of ether oxygens (including phenoxy) is 1. The average Bonchev–Trinajstić information content (AvgIpc) is 3.06. The van der Waals surface area contributed by atoms with Crippen LogP contribution < -0.4 is 16.2 Å². The van der Waals surface area contributed by atoms with Crippen LogP contribution in [0.5, 0.6) is 0 Å². The van der Waals surface area contributed by atoms with Gasteiger partial charge in [-0.05, 0) is 25.2 Å². The van der Waals surface area contributed by atoms with Crippen molar-refractivity contribution in [2.24, 2.45) is 11.3 Å². The first kappa shape index (κ1) is 21.1. The summed E-state index contributed by atoms with van der Waals surface area (Å²) in [6.07, 6.45) is 3.99. The molecule has 3 atom stereocenters. The van der Waals surface area contributed by atoms with E-state index in [0.717, 1.165) is 37.4 Å². The van der Waals surface area contributed by atoms with Gasteiger partial charge >= 0.3 is 5.97 Å². The highest BCUT2D eigenvalue weighted by molar-refractivity contribution is 5.76. The van der Waals surface area contributed by atoms with Gasteiger partial charge in [-0.15, -0.1) is 0 Å². The number of rotatable bonds is 5. The van der Waals surface area contributed by atoms with Gasteiger partial charge in [-0.25, -0.2) is 15.4 Å². The highest BCUT2D eigenvalue weighted by Gasteiger charge is 2.37. The molecule has 0 radical (unpaired) electrons. The molecule has 3 N–H and O–H groups in total. The van der Waals surface area contributed by atoms with E-state index < -0.39 is 0 Å². The molecule has 0 amide bonds. The van der Waals surface area contributed by atoms with E-state index in [-0.39, 0.29) is 34.8 Å². The highest BCUT2D eigenvalue weighted by Crippen LogP contribution is 2.40. The maximum absolute atomic E-state index is 12.2. The number of nitrogens with zero attached hydrogens (tertiary/aromatic N) is 2. The van der Waals surface area contributed by atoms with E-state index in [1.165, 1.54) is 5.56 Å². The molecule has 1 fully saturated rings. The molecule has 1 aliphatic carbocycles. The van der Waals surface area contributed by atoms with Gasteiger partial charge in [-0.3, -0.25) is 10.2 Å². The smallest absolute Gasteiger partial charge is 0.324 e. The number of nitrogens with one attached hydrogen (secondary N) is 3. The summed E-state index contributed by atoms with van der Waals surface area (Å²) in [6, 6.07) is -0.126. The van der Waals surface area contributed by atoms with E-state index in [9.17, 15) is 4.79 Å². The van der Waals surface area contributed by atoms with Crippen molar-refractivity contribution < 1.29 is 9.53 Å². The summed E-state index contributed by atoms with van der Waals surface area (Å²) in [7, 11) is 0. The molecule has 0 spiro atoms. The number of carbonyl (C=O) groups is 1. The zero-order valence-corrected chi connectivity index (χ0v) is 18.1. The first-order valence-electron chi connectivity index (χ1n) is 10.4. The molecule has 7 nitrogen and oxygen atoms in total. The summed E-state index contributed by atoms with van der Waals surface area (Å²) < 4.78 is 5.19. The number of hydrazine groups is 1. The average molecular weight is 390 g/mol. The Kier molecular flexibility index (Phi) is 6.08. The fourth-order valence-electron chi connectivity index (χ4n) is 4.09. The molecule has 1 saturated heterocycles. The second-order valence-electron chi connectivity index (χ2n) is 9.87. The lowest BCUT2D eigenvalue weighted by molar-refractivity contribution is -0.146. The van der Waals surface area contributed by atoms with Crippen molar-refractivity contribution in [3.05, 3.63) is 23.3 Å². The molecule has 2 heterocycles. The first-order chi connectivity index (χ1) is 13.1. The number of aromatic nitrogens is 2. The number of hydrogen-bond donors (Lipinski definition) is 3. The Bertz CT molecular complexity index is 713. The molecule has 1 aromatic rings. The van der Waals surface area contributed by atoms with Crippen LogP contribution in [-0.2, 0) is 21.4 Å². The summed E-state index contributed by atoms with van der Waals surface area (Å²) in [6.45, 7) is 14.7. The third-order valence-electron chi connectivity index (χ3n) is 5.61. The monoisotopic (exact) mass is 389 g/mol. The molecule has 28 heavy (non-hydrogen) atoms. The standard InChI is InChI=1S/C21H35N5O2/c1-7-28-18(27)17-13(11-24-26-17)10-22-15-8-21(5,6)9-16-14(15)12-23-19(25-16)20(2,3)4/h12-13,15,17,22,24,26H,7-11H2,1-6H3. The fraction of sp³-hybridized carbons (Fsp3) is 0.762.